The van der Waals surface area contributed by atoms with E-state index in [0.717, 1.165) is 11.3 Å². The number of carbonyl (C=O) groups excluding carboxylic acids is 1. The second kappa shape index (κ2) is 6.65. The Hall–Kier alpha value is -2.34. The van der Waals surface area contributed by atoms with Gasteiger partial charge >= 0.3 is 0 Å². The van der Waals surface area contributed by atoms with Crippen molar-refractivity contribution in [3.8, 4) is 17.1 Å². The number of hydrogen-bond donors (Lipinski definition) is 0. The van der Waals surface area contributed by atoms with Gasteiger partial charge in [-0.25, -0.2) is 0 Å². The minimum Gasteiger partial charge on any atom is -0.497 e. The Morgan fingerprint density at radius 2 is 2.21 bits per heavy atom. The van der Waals surface area contributed by atoms with Gasteiger partial charge in [0.15, 0.2) is 5.76 Å². The largest absolute Gasteiger partial charge is 0.497 e. The van der Waals surface area contributed by atoms with Gasteiger partial charge in [0.05, 0.1) is 38.0 Å². The van der Waals surface area contributed by atoms with Crippen molar-refractivity contribution in [1.29, 1.82) is 0 Å². The third-order valence-electron chi connectivity index (χ3n) is 4.19. The van der Waals surface area contributed by atoms with Crippen LogP contribution in [-0.4, -0.2) is 48.4 Å². The van der Waals surface area contributed by atoms with Gasteiger partial charge in [0.25, 0.3) is 0 Å². The quantitative estimate of drug-likeness (QED) is 0.862. The van der Waals surface area contributed by atoms with Crippen LogP contribution in [0.1, 0.15) is 19.5 Å². The zero-order valence-corrected chi connectivity index (χ0v) is 14.2. The van der Waals surface area contributed by atoms with Gasteiger partial charge in [-0.15, -0.1) is 0 Å². The molecule has 24 heavy (non-hydrogen) atoms. The molecule has 1 aromatic heterocycles. The van der Waals surface area contributed by atoms with Gasteiger partial charge < -0.3 is 18.9 Å². The SMILES string of the molecule is COc1cccc(-c2cc(CC(=O)N3CCOCC3(C)C)no2)c1. The van der Waals surface area contributed by atoms with Crippen molar-refractivity contribution in [2.75, 3.05) is 26.9 Å². The summed E-state index contributed by atoms with van der Waals surface area (Å²) >= 11 is 0. The highest BCUT2D eigenvalue weighted by molar-refractivity contribution is 5.79. The van der Waals surface area contributed by atoms with Gasteiger partial charge in [0.2, 0.25) is 5.91 Å². The van der Waals surface area contributed by atoms with Gasteiger partial charge in [0, 0.05) is 18.2 Å². The van der Waals surface area contributed by atoms with Crippen LogP contribution in [0.4, 0.5) is 0 Å². The highest BCUT2D eigenvalue weighted by atomic mass is 16.5. The minimum atomic E-state index is -0.297. The van der Waals surface area contributed by atoms with Crippen LogP contribution in [0.2, 0.25) is 0 Å². The van der Waals surface area contributed by atoms with E-state index >= 15 is 0 Å². The third kappa shape index (κ3) is 3.43. The lowest BCUT2D eigenvalue weighted by molar-refractivity contribution is -0.145. The first-order valence-electron chi connectivity index (χ1n) is 7.98. The summed E-state index contributed by atoms with van der Waals surface area (Å²) in [4.78, 5) is 14.5. The van der Waals surface area contributed by atoms with Crippen LogP contribution in [-0.2, 0) is 16.0 Å². The van der Waals surface area contributed by atoms with Crippen molar-refractivity contribution in [3.05, 3.63) is 36.0 Å². The van der Waals surface area contributed by atoms with E-state index in [1.807, 2.05) is 43.0 Å². The summed E-state index contributed by atoms with van der Waals surface area (Å²) in [6, 6.07) is 9.35. The van der Waals surface area contributed by atoms with Crippen LogP contribution in [0.5, 0.6) is 5.75 Å². The lowest BCUT2D eigenvalue weighted by Gasteiger charge is -2.42. The topological polar surface area (TPSA) is 64.8 Å². The molecule has 1 aromatic carbocycles. The Morgan fingerprint density at radius 1 is 1.38 bits per heavy atom. The molecule has 0 unspecified atom stereocenters. The summed E-state index contributed by atoms with van der Waals surface area (Å²) in [6.45, 7) is 5.74. The molecule has 0 saturated carbocycles. The molecule has 1 fully saturated rings. The molecule has 3 rings (SSSR count). The zero-order chi connectivity index (χ0) is 17.2. The van der Waals surface area contributed by atoms with Crippen LogP contribution in [0, 0.1) is 0 Å². The predicted molar refractivity (Wildman–Crippen MR) is 88.8 cm³/mol. The maximum atomic E-state index is 12.6. The molecule has 1 saturated heterocycles. The molecule has 0 aliphatic carbocycles. The molecule has 0 radical (unpaired) electrons. The maximum Gasteiger partial charge on any atom is 0.229 e. The average molecular weight is 330 g/mol. The van der Waals surface area contributed by atoms with E-state index in [1.165, 1.54) is 0 Å². The molecule has 2 heterocycles. The van der Waals surface area contributed by atoms with E-state index in [4.69, 9.17) is 14.0 Å². The Labute approximate surface area is 141 Å². The third-order valence-corrected chi connectivity index (χ3v) is 4.19. The number of aromatic nitrogens is 1. The standard InChI is InChI=1S/C18H22N2O4/c1-18(2)12-23-8-7-20(18)17(21)11-14-10-16(24-19-14)13-5-4-6-15(9-13)22-3/h4-6,9-10H,7-8,11-12H2,1-3H3. The van der Waals surface area contributed by atoms with Crippen LogP contribution in [0.25, 0.3) is 11.3 Å². The first-order chi connectivity index (χ1) is 11.5. The van der Waals surface area contributed by atoms with E-state index in [1.54, 1.807) is 13.2 Å². The summed E-state index contributed by atoms with van der Waals surface area (Å²) in [6.07, 6.45) is 0.219. The fourth-order valence-corrected chi connectivity index (χ4v) is 2.88. The Bertz CT molecular complexity index is 723. The van der Waals surface area contributed by atoms with E-state index in [-0.39, 0.29) is 17.9 Å². The Morgan fingerprint density at radius 3 is 2.96 bits per heavy atom. The second-order valence-corrected chi connectivity index (χ2v) is 6.50. The van der Waals surface area contributed by atoms with Gasteiger partial charge in [0.1, 0.15) is 5.75 Å². The number of amides is 1. The Kier molecular flexibility index (Phi) is 4.57. The van der Waals surface area contributed by atoms with Crippen molar-refractivity contribution in [2.24, 2.45) is 0 Å². The summed E-state index contributed by atoms with van der Waals surface area (Å²) in [5, 5.41) is 4.04. The summed E-state index contributed by atoms with van der Waals surface area (Å²) in [5.41, 5.74) is 1.20. The van der Waals surface area contributed by atoms with E-state index < -0.39 is 0 Å². The first kappa shape index (κ1) is 16.5. The number of ether oxygens (including phenoxy) is 2. The number of morpholine rings is 1. The first-order valence-corrected chi connectivity index (χ1v) is 7.98. The molecule has 0 spiro atoms. The molecule has 1 aliphatic heterocycles. The number of methoxy groups -OCH3 is 1. The summed E-state index contributed by atoms with van der Waals surface area (Å²) in [5.74, 6) is 1.41. The Balaban J connectivity index is 1.72. The van der Waals surface area contributed by atoms with E-state index in [0.29, 0.717) is 31.2 Å². The highest BCUT2D eigenvalue weighted by Gasteiger charge is 2.34. The van der Waals surface area contributed by atoms with Crippen LogP contribution >= 0.6 is 0 Å². The van der Waals surface area contributed by atoms with Crippen LogP contribution < -0.4 is 4.74 Å². The van der Waals surface area contributed by atoms with Crippen molar-refractivity contribution in [2.45, 2.75) is 25.8 Å². The number of carbonyl (C=O) groups is 1. The fourth-order valence-electron chi connectivity index (χ4n) is 2.88. The molecular formula is C18H22N2O4. The molecule has 1 amide bonds. The lowest BCUT2D eigenvalue weighted by Crippen LogP contribution is -2.55. The highest BCUT2D eigenvalue weighted by Crippen LogP contribution is 2.25. The number of rotatable bonds is 4. The van der Waals surface area contributed by atoms with Gasteiger partial charge in [-0.1, -0.05) is 17.3 Å². The van der Waals surface area contributed by atoms with Crippen molar-refractivity contribution < 1.29 is 18.8 Å². The van der Waals surface area contributed by atoms with Crippen molar-refractivity contribution >= 4 is 5.91 Å². The average Bonchev–Trinajstić information content (AvgIpc) is 3.03. The molecule has 1 aliphatic rings. The van der Waals surface area contributed by atoms with Gasteiger partial charge in [-0.05, 0) is 26.0 Å². The molecule has 2 aromatic rings. The maximum absolute atomic E-state index is 12.6. The van der Waals surface area contributed by atoms with Gasteiger partial charge in [-0.2, -0.15) is 0 Å². The number of hydrogen-bond acceptors (Lipinski definition) is 5. The molecule has 0 bridgehead atoms. The summed E-state index contributed by atoms with van der Waals surface area (Å²) < 4.78 is 16.1. The van der Waals surface area contributed by atoms with Crippen LogP contribution in [0.3, 0.4) is 0 Å². The number of nitrogens with zero attached hydrogens (tertiary/aromatic N) is 2. The molecule has 6 heteroatoms. The summed E-state index contributed by atoms with van der Waals surface area (Å²) in [7, 11) is 1.62. The molecule has 6 nitrogen and oxygen atoms in total. The van der Waals surface area contributed by atoms with Crippen molar-refractivity contribution in [1.82, 2.24) is 10.1 Å². The molecule has 128 valence electrons. The predicted octanol–water partition coefficient (Wildman–Crippen LogP) is 2.53. The fraction of sp³-hybridized carbons (Fsp3) is 0.444. The van der Waals surface area contributed by atoms with E-state index in [9.17, 15) is 4.79 Å². The van der Waals surface area contributed by atoms with Crippen LogP contribution in [0.15, 0.2) is 34.9 Å². The van der Waals surface area contributed by atoms with Gasteiger partial charge in [-0.3, -0.25) is 4.79 Å². The zero-order valence-electron chi connectivity index (χ0n) is 14.2. The molecular weight excluding hydrogens is 308 g/mol. The molecule has 0 N–H and O–H groups in total. The number of benzene rings is 1. The molecule has 0 atom stereocenters. The minimum absolute atomic E-state index is 0.0359. The smallest absolute Gasteiger partial charge is 0.229 e. The lowest BCUT2D eigenvalue weighted by atomic mass is 10.0. The van der Waals surface area contributed by atoms with E-state index in [2.05, 4.69) is 5.16 Å². The van der Waals surface area contributed by atoms with Crippen molar-refractivity contribution in [3.63, 3.8) is 0 Å². The second-order valence-electron chi connectivity index (χ2n) is 6.50. The normalized spacial score (nSPS) is 16.9. The monoisotopic (exact) mass is 330 g/mol.